The molecule has 3 saturated heterocycles. The number of fused-ring (bicyclic) bond motifs is 3. The molecule has 1 unspecified atom stereocenters. The lowest BCUT2D eigenvalue weighted by Crippen LogP contribution is -3.00. The summed E-state index contributed by atoms with van der Waals surface area (Å²) in [4.78, 5) is 44.9. The second kappa shape index (κ2) is 12.3. The van der Waals surface area contributed by atoms with Gasteiger partial charge in [0, 0.05) is 37.7 Å². The zero-order valence-electron chi connectivity index (χ0n) is 24.4. The van der Waals surface area contributed by atoms with E-state index < -0.39 is 28.0 Å². The van der Waals surface area contributed by atoms with Gasteiger partial charge in [-0.25, -0.2) is 8.42 Å². The molecule has 3 aliphatic rings. The number of carbonyl (C=O) groups is 3. The molecular weight excluding hydrogens is 601 g/mol. The number of benzene rings is 2. The van der Waals surface area contributed by atoms with E-state index in [0.29, 0.717) is 48.8 Å². The van der Waals surface area contributed by atoms with Crippen molar-refractivity contribution in [2.24, 2.45) is 11.8 Å². The number of hydrogen-bond donors (Lipinski definition) is 1. The first-order valence-electron chi connectivity index (χ1n) is 14.1. The summed E-state index contributed by atoms with van der Waals surface area (Å²) in [6.45, 7) is 4.84. The summed E-state index contributed by atoms with van der Waals surface area (Å²) in [5.74, 6) is 0.0421. The quantitative estimate of drug-likeness (QED) is 0.382. The second-order valence-electron chi connectivity index (χ2n) is 12.8. The average Bonchev–Trinajstić information content (AvgIpc) is 3.24. The van der Waals surface area contributed by atoms with Gasteiger partial charge in [-0.15, -0.1) is 0 Å². The summed E-state index contributed by atoms with van der Waals surface area (Å²) >= 11 is 6.03. The van der Waals surface area contributed by atoms with Gasteiger partial charge in [-0.05, 0) is 66.6 Å². The van der Waals surface area contributed by atoms with Crippen molar-refractivity contribution < 1.29 is 39.7 Å². The van der Waals surface area contributed by atoms with E-state index >= 15 is 0 Å². The van der Waals surface area contributed by atoms with E-state index in [0.717, 1.165) is 17.2 Å². The van der Waals surface area contributed by atoms with Gasteiger partial charge in [-0.2, -0.15) is 4.72 Å². The van der Waals surface area contributed by atoms with Crippen molar-refractivity contribution in [3.8, 4) is 0 Å². The number of sulfonamides is 1. The highest BCUT2D eigenvalue weighted by Crippen LogP contribution is 2.30. The van der Waals surface area contributed by atoms with Gasteiger partial charge in [-0.3, -0.25) is 14.4 Å². The Labute approximate surface area is 259 Å². The molecule has 2 aromatic carbocycles. The number of likely N-dealkylation sites (N-methyl/N-ethyl adjacent to an activating group) is 1. The van der Waals surface area contributed by atoms with E-state index in [9.17, 15) is 22.8 Å². The van der Waals surface area contributed by atoms with Crippen LogP contribution in [0.1, 0.15) is 19.8 Å². The number of nitrogens with one attached hydrogen (secondary N) is 1. The monoisotopic (exact) mass is 639 g/mol. The summed E-state index contributed by atoms with van der Waals surface area (Å²) in [5.41, 5.74) is 0. The van der Waals surface area contributed by atoms with Gasteiger partial charge in [0.25, 0.3) is 5.91 Å². The standard InChI is InChI=1S/C29H39ClN5O5S.ClH/c1-19(28(37)33-16-20-11-21(17-33)15-32(14-20)27(36)18-35(2,3)4)34-10-9-26(29(34)38)31-41(39,40)25-8-6-22-12-24(30)7-5-23(22)13-25;/h5-8,12-13,19-21,26,31H,9-11,14-18H2,1-4H3;1H/q+1;/p-1/t19-,20-,21?,26-;/m0./s1. The minimum Gasteiger partial charge on any atom is -1.00 e. The van der Waals surface area contributed by atoms with Gasteiger partial charge in [0.2, 0.25) is 21.8 Å². The average molecular weight is 641 g/mol. The van der Waals surface area contributed by atoms with Crippen molar-refractivity contribution in [1.29, 1.82) is 0 Å². The third-order valence-corrected chi connectivity index (χ3v) is 10.0. The molecule has 2 bridgehead atoms. The van der Waals surface area contributed by atoms with E-state index in [1.165, 1.54) is 11.0 Å². The molecule has 0 spiro atoms. The van der Waals surface area contributed by atoms with Crippen LogP contribution in [0.15, 0.2) is 41.3 Å². The molecule has 3 fully saturated rings. The lowest BCUT2D eigenvalue weighted by molar-refractivity contribution is -0.862. The van der Waals surface area contributed by atoms with Crippen LogP contribution in [0.5, 0.6) is 0 Å². The maximum atomic E-state index is 13.5. The van der Waals surface area contributed by atoms with Crippen molar-refractivity contribution in [1.82, 2.24) is 19.4 Å². The van der Waals surface area contributed by atoms with Gasteiger partial charge in [0.1, 0.15) is 12.1 Å². The molecule has 230 valence electrons. The van der Waals surface area contributed by atoms with Gasteiger partial charge in [-0.1, -0.05) is 23.7 Å². The first-order valence-corrected chi connectivity index (χ1v) is 16.0. The zero-order valence-corrected chi connectivity index (χ0v) is 26.8. The van der Waals surface area contributed by atoms with Crippen molar-refractivity contribution in [3.63, 3.8) is 0 Å². The molecular formula is C29H39Cl2N5O5S. The highest BCUT2D eigenvalue weighted by molar-refractivity contribution is 7.89. The van der Waals surface area contributed by atoms with Gasteiger partial charge in [0.15, 0.2) is 6.54 Å². The molecule has 4 atom stereocenters. The maximum Gasteiger partial charge on any atom is 0.277 e. The predicted octanol–water partition coefficient (Wildman–Crippen LogP) is -1.22. The summed E-state index contributed by atoms with van der Waals surface area (Å²) < 4.78 is 29.4. The van der Waals surface area contributed by atoms with Crippen LogP contribution < -0.4 is 17.1 Å². The smallest absolute Gasteiger partial charge is 0.277 e. The number of rotatable bonds is 7. The Morgan fingerprint density at radius 3 is 2.24 bits per heavy atom. The van der Waals surface area contributed by atoms with Crippen molar-refractivity contribution >= 4 is 50.1 Å². The SMILES string of the molecule is C[C@@H](C(=O)N1CC2C[C@@H](CN(C(=O)C[N+](C)(C)C)C2)C1)N1CC[C@H](NS(=O)(=O)c2ccc3cc(Cl)ccc3c2)C1=O.[Cl-]. The minimum absolute atomic E-state index is 0. The fraction of sp³-hybridized carbons (Fsp3) is 0.552. The van der Waals surface area contributed by atoms with E-state index in [4.69, 9.17) is 11.6 Å². The highest BCUT2D eigenvalue weighted by atomic mass is 35.5. The van der Waals surface area contributed by atoms with Gasteiger partial charge in [0.05, 0.1) is 26.0 Å². The number of carbonyl (C=O) groups excluding carboxylic acids is 3. The first-order chi connectivity index (χ1) is 19.2. The van der Waals surface area contributed by atoms with Crippen molar-refractivity contribution in [2.45, 2.75) is 36.7 Å². The highest BCUT2D eigenvalue weighted by Gasteiger charge is 2.43. The molecule has 2 aromatic rings. The number of halogens is 2. The molecule has 13 heteroatoms. The maximum absolute atomic E-state index is 13.5. The van der Waals surface area contributed by atoms with Crippen LogP contribution in [0.3, 0.4) is 0 Å². The summed E-state index contributed by atoms with van der Waals surface area (Å²) in [6, 6.07) is 8.32. The molecule has 3 heterocycles. The largest absolute Gasteiger partial charge is 1.00 e. The second-order valence-corrected chi connectivity index (χ2v) is 14.9. The van der Waals surface area contributed by atoms with E-state index in [2.05, 4.69) is 4.72 Å². The number of likely N-dealkylation sites (tertiary alicyclic amines) is 3. The van der Waals surface area contributed by atoms with Crippen LogP contribution in [-0.2, 0) is 24.4 Å². The topological polar surface area (TPSA) is 107 Å². The third-order valence-electron chi connectivity index (χ3n) is 8.30. The van der Waals surface area contributed by atoms with Crippen LogP contribution in [-0.4, -0.2) is 118 Å². The van der Waals surface area contributed by atoms with Crippen molar-refractivity contribution in [2.75, 3.05) is 60.4 Å². The van der Waals surface area contributed by atoms with Crippen LogP contribution in [0.25, 0.3) is 10.8 Å². The molecule has 0 aliphatic carbocycles. The molecule has 42 heavy (non-hydrogen) atoms. The lowest BCUT2D eigenvalue weighted by atomic mass is 9.84. The normalized spacial score (nSPS) is 23.6. The fourth-order valence-corrected chi connectivity index (χ4v) is 7.82. The Morgan fingerprint density at radius 1 is 1.00 bits per heavy atom. The van der Waals surface area contributed by atoms with Crippen molar-refractivity contribution in [3.05, 3.63) is 41.4 Å². The molecule has 3 aliphatic heterocycles. The predicted molar refractivity (Wildman–Crippen MR) is 157 cm³/mol. The van der Waals surface area contributed by atoms with E-state index in [1.54, 1.807) is 37.3 Å². The molecule has 1 N–H and O–H groups in total. The van der Waals surface area contributed by atoms with Gasteiger partial charge >= 0.3 is 0 Å². The molecule has 0 aromatic heterocycles. The summed E-state index contributed by atoms with van der Waals surface area (Å²) in [7, 11) is 2.04. The van der Waals surface area contributed by atoms with Crippen LogP contribution in [0.2, 0.25) is 5.02 Å². The number of nitrogens with zero attached hydrogens (tertiary/aromatic N) is 4. The van der Waals surface area contributed by atoms with Crippen LogP contribution >= 0.6 is 11.6 Å². The lowest BCUT2D eigenvalue weighted by Gasteiger charge is -2.47. The van der Waals surface area contributed by atoms with Crippen LogP contribution in [0, 0.1) is 11.8 Å². The Kier molecular flexibility index (Phi) is 9.49. The molecule has 10 nitrogen and oxygen atoms in total. The van der Waals surface area contributed by atoms with Gasteiger partial charge < -0.3 is 31.6 Å². The molecule has 5 rings (SSSR count). The minimum atomic E-state index is -3.96. The Hall–Kier alpha value is -2.44. The fourth-order valence-electron chi connectivity index (χ4n) is 6.38. The number of quaternary nitrogens is 1. The zero-order chi connectivity index (χ0) is 29.7. The first kappa shape index (κ1) is 32.5. The molecule has 3 amide bonds. The molecule has 0 saturated carbocycles. The van der Waals surface area contributed by atoms with Crippen LogP contribution in [0.4, 0.5) is 0 Å². The van der Waals surface area contributed by atoms with E-state index in [-0.39, 0.29) is 47.4 Å². The summed E-state index contributed by atoms with van der Waals surface area (Å²) in [5, 5.41) is 2.10. The Morgan fingerprint density at radius 2 is 1.60 bits per heavy atom. The Balaban J connectivity index is 0.00000405. The Bertz CT molecular complexity index is 1470. The number of piperidine rings is 2. The van der Waals surface area contributed by atoms with E-state index in [1.807, 2.05) is 30.9 Å². The molecule has 0 radical (unpaired) electrons. The third kappa shape index (κ3) is 7.02. The number of hydrogen-bond acceptors (Lipinski definition) is 5. The number of amides is 3. The summed E-state index contributed by atoms with van der Waals surface area (Å²) in [6.07, 6.45) is 1.27.